The molecule has 1 heteroatoms. The van der Waals surface area contributed by atoms with Gasteiger partial charge in [0.05, 0.1) is 11.0 Å². The fourth-order valence-corrected chi connectivity index (χ4v) is 6.07. The first-order valence-electron chi connectivity index (χ1n) is 12.1. The quantitative estimate of drug-likeness (QED) is 0.243. The Morgan fingerprint density at radius 2 is 0.886 bits per heavy atom. The monoisotopic (exact) mass is 443 g/mol. The number of aromatic amines is 1. The van der Waals surface area contributed by atoms with Crippen LogP contribution in [0, 0.1) is 0 Å². The third kappa shape index (κ3) is 2.53. The zero-order valence-corrected chi connectivity index (χ0v) is 19.0. The van der Waals surface area contributed by atoms with E-state index in [9.17, 15) is 0 Å². The summed E-state index contributed by atoms with van der Waals surface area (Å²) in [7, 11) is 0. The Bertz CT molecular complexity index is 2110. The van der Waals surface area contributed by atoms with Crippen LogP contribution in [0.5, 0.6) is 0 Å². The molecule has 162 valence electrons. The number of nitrogens with one attached hydrogen (secondary N) is 1. The van der Waals surface area contributed by atoms with Gasteiger partial charge in [0.15, 0.2) is 0 Å². The molecular weight excluding hydrogens is 422 g/mol. The largest absolute Gasteiger partial charge is 0.353 e. The van der Waals surface area contributed by atoms with Crippen LogP contribution in [-0.4, -0.2) is 4.98 Å². The predicted octanol–water partition coefficient (Wildman–Crippen LogP) is 9.60. The normalized spacial score (nSPS) is 12.0. The first-order chi connectivity index (χ1) is 17.4. The van der Waals surface area contributed by atoms with E-state index in [-0.39, 0.29) is 0 Å². The Kier molecular flexibility index (Phi) is 3.72. The highest BCUT2D eigenvalue weighted by Crippen LogP contribution is 2.43. The van der Waals surface area contributed by atoms with Gasteiger partial charge in [0.1, 0.15) is 0 Å². The minimum atomic E-state index is 1.20. The zero-order valence-electron chi connectivity index (χ0n) is 19.0. The molecule has 8 aromatic rings. The fraction of sp³-hybridized carbons (Fsp3) is 0. The number of para-hydroxylation sites is 1. The lowest BCUT2D eigenvalue weighted by Gasteiger charge is -2.12. The summed E-state index contributed by atoms with van der Waals surface area (Å²) in [6.07, 6.45) is 0. The first-order valence-corrected chi connectivity index (χ1v) is 12.1. The van der Waals surface area contributed by atoms with Crippen molar-refractivity contribution in [3.05, 3.63) is 121 Å². The van der Waals surface area contributed by atoms with Gasteiger partial charge >= 0.3 is 0 Å². The number of benzene rings is 7. The van der Waals surface area contributed by atoms with Crippen LogP contribution in [0.25, 0.3) is 76.0 Å². The summed E-state index contributed by atoms with van der Waals surface area (Å²) in [5.41, 5.74) is 4.93. The second-order valence-corrected chi connectivity index (χ2v) is 9.39. The van der Waals surface area contributed by atoms with E-state index in [2.05, 4.69) is 126 Å². The molecule has 0 saturated heterocycles. The molecule has 1 N–H and O–H groups in total. The van der Waals surface area contributed by atoms with Gasteiger partial charge in [-0.25, -0.2) is 0 Å². The van der Waals surface area contributed by atoms with Gasteiger partial charge in [-0.15, -0.1) is 0 Å². The van der Waals surface area contributed by atoms with E-state index in [0.717, 1.165) is 0 Å². The van der Waals surface area contributed by atoms with E-state index < -0.39 is 0 Å². The van der Waals surface area contributed by atoms with Crippen molar-refractivity contribution < 1.29 is 0 Å². The molecule has 8 rings (SSSR count). The first kappa shape index (κ1) is 18.8. The number of hydrogen-bond donors (Lipinski definition) is 1. The molecule has 0 saturated carbocycles. The van der Waals surface area contributed by atoms with Gasteiger partial charge in [-0.1, -0.05) is 115 Å². The molecule has 1 aromatic heterocycles. The molecule has 0 fully saturated rings. The van der Waals surface area contributed by atoms with Crippen molar-refractivity contribution in [3.8, 4) is 11.1 Å². The molecule has 0 atom stereocenters. The average Bonchev–Trinajstić information content (AvgIpc) is 3.33. The molecule has 0 unspecified atom stereocenters. The van der Waals surface area contributed by atoms with Gasteiger partial charge in [-0.05, 0) is 49.3 Å². The van der Waals surface area contributed by atoms with Crippen molar-refractivity contribution in [3.63, 3.8) is 0 Å². The van der Waals surface area contributed by atoms with Gasteiger partial charge in [0.2, 0.25) is 0 Å². The van der Waals surface area contributed by atoms with E-state index in [1.807, 2.05) is 0 Å². The molecule has 1 heterocycles. The van der Waals surface area contributed by atoms with Crippen molar-refractivity contribution in [2.45, 2.75) is 0 Å². The zero-order chi connectivity index (χ0) is 22.9. The summed E-state index contributed by atoms with van der Waals surface area (Å²) >= 11 is 0. The fourth-order valence-electron chi connectivity index (χ4n) is 6.07. The van der Waals surface area contributed by atoms with Crippen molar-refractivity contribution in [1.82, 2.24) is 4.98 Å². The lowest BCUT2D eigenvalue weighted by atomic mass is 9.92. The molecule has 0 aliphatic heterocycles. The highest BCUT2D eigenvalue weighted by Gasteiger charge is 2.17. The van der Waals surface area contributed by atoms with Crippen LogP contribution in [0.15, 0.2) is 121 Å². The third-order valence-electron chi connectivity index (χ3n) is 7.57. The maximum absolute atomic E-state index is 3.89. The molecule has 0 aliphatic carbocycles. The molecule has 0 amide bonds. The van der Waals surface area contributed by atoms with E-state index in [0.29, 0.717) is 0 Å². The molecule has 0 aliphatic rings. The highest BCUT2D eigenvalue weighted by molar-refractivity contribution is 6.32. The minimum absolute atomic E-state index is 1.20. The number of aromatic nitrogens is 1. The maximum atomic E-state index is 3.89. The predicted molar refractivity (Wildman–Crippen MR) is 151 cm³/mol. The molecule has 0 radical (unpaired) electrons. The summed E-state index contributed by atoms with van der Waals surface area (Å²) in [6.45, 7) is 0. The van der Waals surface area contributed by atoms with Gasteiger partial charge in [-0.3, -0.25) is 0 Å². The Morgan fingerprint density at radius 1 is 0.343 bits per heavy atom. The number of H-pyrrole nitrogens is 1. The Balaban J connectivity index is 1.58. The minimum Gasteiger partial charge on any atom is -0.353 e. The average molecular weight is 444 g/mol. The molecule has 35 heavy (non-hydrogen) atoms. The topological polar surface area (TPSA) is 15.8 Å². The molecule has 7 aromatic carbocycles. The molecule has 1 nitrogen and oxygen atoms in total. The smallest absolute Gasteiger partial charge is 0.0551 e. The third-order valence-corrected chi connectivity index (χ3v) is 7.57. The summed E-state index contributed by atoms with van der Waals surface area (Å²) in [5.74, 6) is 0. The van der Waals surface area contributed by atoms with Crippen LogP contribution in [0.1, 0.15) is 0 Å². The second kappa shape index (κ2) is 6.94. The highest BCUT2D eigenvalue weighted by atomic mass is 14.7. The van der Waals surface area contributed by atoms with Gasteiger partial charge in [-0.2, -0.15) is 0 Å². The van der Waals surface area contributed by atoms with Crippen molar-refractivity contribution in [1.29, 1.82) is 0 Å². The van der Waals surface area contributed by atoms with Gasteiger partial charge in [0, 0.05) is 21.7 Å². The van der Waals surface area contributed by atoms with E-state index in [4.69, 9.17) is 0 Å². The van der Waals surface area contributed by atoms with Crippen LogP contribution >= 0.6 is 0 Å². The number of hydrogen-bond acceptors (Lipinski definition) is 0. The van der Waals surface area contributed by atoms with Gasteiger partial charge in [0.25, 0.3) is 0 Å². The summed E-state index contributed by atoms with van der Waals surface area (Å²) in [6, 6.07) is 44.1. The van der Waals surface area contributed by atoms with Gasteiger partial charge < -0.3 is 4.98 Å². The Labute approximate surface area is 202 Å². The lowest BCUT2D eigenvalue weighted by molar-refractivity contribution is 1.56. The SMILES string of the molecule is c1ccc2c(c1)cc(-c1cccc3c1[nH]c1c4ccccc4c4ccccc4c31)c1ccccc12. The standard InChI is InChI=1S/C34H21N/c1-2-11-22-21(10-1)20-31(26-15-4-3-12-23(22)26)29-18-9-19-30-32-27-16-7-5-13-24(27)25-14-6-8-17-28(25)34(32)35-33(29)30/h1-20,35H. The Hall–Kier alpha value is -4.62. The number of rotatable bonds is 1. The maximum Gasteiger partial charge on any atom is 0.0551 e. The lowest BCUT2D eigenvalue weighted by Crippen LogP contribution is -1.86. The molecule has 0 spiro atoms. The van der Waals surface area contributed by atoms with Crippen LogP contribution in [0.4, 0.5) is 0 Å². The van der Waals surface area contributed by atoms with Crippen LogP contribution < -0.4 is 0 Å². The van der Waals surface area contributed by atoms with Crippen LogP contribution in [0.3, 0.4) is 0 Å². The van der Waals surface area contributed by atoms with Crippen LogP contribution in [-0.2, 0) is 0 Å². The van der Waals surface area contributed by atoms with E-state index in [1.54, 1.807) is 0 Å². The van der Waals surface area contributed by atoms with Crippen molar-refractivity contribution in [2.24, 2.45) is 0 Å². The Morgan fingerprint density at radius 3 is 1.66 bits per heavy atom. The molecule has 0 bridgehead atoms. The second-order valence-electron chi connectivity index (χ2n) is 9.39. The van der Waals surface area contributed by atoms with Crippen LogP contribution in [0.2, 0.25) is 0 Å². The van der Waals surface area contributed by atoms with Crippen molar-refractivity contribution >= 4 is 64.9 Å². The molecular formula is C34H21N. The summed E-state index contributed by atoms with van der Waals surface area (Å²) in [4.78, 5) is 3.89. The van der Waals surface area contributed by atoms with E-state index in [1.165, 1.54) is 76.0 Å². The number of fused-ring (bicyclic) bond motifs is 11. The summed E-state index contributed by atoms with van der Waals surface area (Å²) < 4.78 is 0. The van der Waals surface area contributed by atoms with E-state index >= 15 is 0 Å². The van der Waals surface area contributed by atoms with Crippen molar-refractivity contribution in [2.75, 3.05) is 0 Å². The summed E-state index contributed by atoms with van der Waals surface area (Å²) in [5, 5.41) is 12.9.